The minimum absolute atomic E-state index is 0.259. The van der Waals surface area contributed by atoms with E-state index >= 15 is 0 Å². The maximum atomic E-state index is 12.4. The molecule has 1 aromatic heterocycles. The molecule has 3 rings (SSSR count). The van der Waals surface area contributed by atoms with E-state index in [-0.39, 0.29) is 6.54 Å². The molecule has 5 nitrogen and oxygen atoms in total. The highest BCUT2D eigenvalue weighted by Gasteiger charge is 2.12. The molecule has 0 aliphatic heterocycles. The van der Waals surface area contributed by atoms with Crippen molar-refractivity contribution in [1.82, 2.24) is 4.57 Å². The SMILES string of the molecule is Cc1ccc2c(c1)s/c(=N\C(=O)c1cccc(Cl)c1)n2CC(=O)O. The number of aryl methyl sites for hydroxylation is 1. The summed E-state index contributed by atoms with van der Waals surface area (Å²) in [5.41, 5.74) is 2.16. The van der Waals surface area contributed by atoms with Gasteiger partial charge in [-0.15, -0.1) is 0 Å². The average Bonchev–Trinajstić information content (AvgIpc) is 2.83. The number of benzene rings is 2. The van der Waals surface area contributed by atoms with Gasteiger partial charge in [-0.05, 0) is 42.8 Å². The Morgan fingerprint density at radius 1 is 1.25 bits per heavy atom. The summed E-state index contributed by atoms with van der Waals surface area (Å²) in [7, 11) is 0. The molecule has 1 heterocycles. The van der Waals surface area contributed by atoms with Crippen LogP contribution in [0.2, 0.25) is 5.02 Å². The Morgan fingerprint density at radius 3 is 2.75 bits per heavy atom. The summed E-state index contributed by atoms with van der Waals surface area (Å²) < 4.78 is 2.42. The molecule has 7 heteroatoms. The molecular weight excluding hydrogens is 348 g/mol. The topological polar surface area (TPSA) is 71.7 Å². The molecule has 0 saturated carbocycles. The van der Waals surface area contributed by atoms with Crippen LogP contribution in [0.25, 0.3) is 10.2 Å². The standard InChI is InChI=1S/C17H13ClN2O3S/c1-10-5-6-13-14(7-10)24-17(20(13)9-15(21)22)19-16(23)11-3-2-4-12(18)8-11/h2-8H,9H2,1H3,(H,21,22)/b19-17-. The van der Waals surface area contributed by atoms with E-state index in [9.17, 15) is 9.59 Å². The molecule has 1 N–H and O–H groups in total. The Labute approximate surface area is 146 Å². The van der Waals surface area contributed by atoms with Crippen molar-refractivity contribution < 1.29 is 14.7 Å². The Kier molecular flexibility index (Phi) is 4.51. The smallest absolute Gasteiger partial charge is 0.323 e. The number of aliphatic carboxylic acids is 1. The summed E-state index contributed by atoms with van der Waals surface area (Å²) in [5, 5.41) is 9.60. The van der Waals surface area contributed by atoms with Crippen LogP contribution in [0.1, 0.15) is 15.9 Å². The number of fused-ring (bicyclic) bond motifs is 1. The number of nitrogens with zero attached hydrogens (tertiary/aromatic N) is 2. The molecule has 0 atom stereocenters. The molecule has 0 bridgehead atoms. The van der Waals surface area contributed by atoms with Crippen LogP contribution < -0.4 is 4.80 Å². The van der Waals surface area contributed by atoms with Gasteiger partial charge >= 0.3 is 5.97 Å². The number of carboxylic acid groups (broad SMARTS) is 1. The van der Waals surface area contributed by atoms with Crippen molar-refractivity contribution in [2.75, 3.05) is 0 Å². The fourth-order valence-corrected chi connectivity index (χ4v) is 3.64. The lowest BCUT2D eigenvalue weighted by Crippen LogP contribution is -2.21. The van der Waals surface area contributed by atoms with E-state index in [1.807, 2.05) is 25.1 Å². The van der Waals surface area contributed by atoms with Gasteiger partial charge in [-0.3, -0.25) is 9.59 Å². The van der Waals surface area contributed by atoms with Gasteiger partial charge in [-0.2, -0.15) is 4.99 Å². The maximum Gasteiger partial charge on any atom is 0.323 e. The number of halogens is 1. The Morgan fingerprint density at radius 2 is 2.04 bits per heavy atom. The van der Waals surface area contributed by atoms with Crippen LogP contribution >= 0.6 is 22.9 Å². The minimum atomic E-state index is -0.994. The molecule has 0 saturated heterocycles. The van der Waals surface area contributed by atoms with Gasteiger partial charge in [0.25, 0.3) is 5.91 Å². The van der Waals surface area contributed by atoms with Crippen molar-refractivity contribution in [3.63, 3.8) is 0 Å². The molecule has 122 valence electrons. The summed E-state index contributed by atoms with van der Waals surface area (Å²) in [5.74, 6) is -1.45. The lowest BCUT2D eigenvalue weighted by Gasteiger charge is -2.01. The second kappa shape index (κ2) is 6.59. The van der Waals surface area contributed by atoms with Crippen molar-refractivity contribution in [1.29, 1.82) is 0 Å². The van der Waals surface area contributed by atoms with Crippen LogP contribution in [-0.2, 0) is 11.3 Å². The van der Waals surface area contributed by atoms with Crippen molar-refractivity contribution in [2.24, 2.45) is 4.99 Å². The Hall–Kier alpha value is -2.44. The van der Waals surface area contributed by atoms with Crippen molar-refractivity contribution in [2.45, 2.75) is 13.5 Å². The molecule has 3 aromatic rings. The van der Waals surface area contributed by atoms with E-state index in [1.165, 1.54) is 22.0 Å². The van der Waals surface area contributed by atoms with Crippen LogP contribution in [-0.4, -0.2) is 21.6 Å². The summed E-state index contributed by atoms with van der Waals surface area (Å²) in [4.78, 5) is 28.0. The normalized spacial score (nSPS) is 11.8. The molecule has 0 radical (unpaired) electrons. The van der Waals surface area contributed by atoms with Crippen LogP contribution in [0.5, 0.6) is 0 Å². The fourth-order valence-electron chi connectivity index (χ4n) is 2.33. The monoisotopic (exact) mass is 360 g/mol. The first-order valence-electron chi connectivity index (χ1n) is 7.10. The van der Waals surface area contributed by atoms with Gasteiger partial charge < -0.3 is 9.67 Å². The third-order valence-electron chi connectivity index (χ3n) is 3.40. The molecule has 24 heavy (non-hydrogen) atoms. The van der Waals surface area contributed by atoms with Gasteiger partial charge in [-0.25, -0.2) is 0 Å². The van der Waals surface area contributed by atoms with E-state index in [0.717, 1.165) is 15.8 Å². The van der Waals surface area contributed by atoms with E-state index in [4.69, 9.17) is 16.7 Å². The van der Waals surface area contributed by atoms with Crippen LogP contribution in [0.3, 0.4) is 0 Å². The molecule has 0 aliphatic carbocycles. The highest BCUT2D eigenvalue weighted by Crippen LogP contribution is 2.19. The molecule has 2 aromatic carbocycles. The molecule has 0 fully saturated rings. The largest absolute Gasteiger partial charge is 0.480 e. The van der Waals surface area contributed by atoms with Gasteiger partial charge in [-0.1, -0.05) is 35.1 Å². The van der Waals surface area contributed by atoms with E-state index < -0.39 is 11.9 Å². The zero-order valence-electron chi connectivity index (χ0n) is 12.7. The quantitative estimate of drug-likeness (QED) is 0.777. The van der Waals surface area contributed by atoms with Crippen LogP contribution in [0.15, 0.2) is 47.5 Å². The predicted molar refractivity (Wildman–Crippen MR) is 93.5 cm³/mol. The summed E-state index contributed by atoms with van der Waals surface area (Å²) in [6.07, 6.45) is 0. The second-order valence-electron chi connectivity index (χ2n) is 5.26. The predicted octanol–water partition coefficient (Wildman–Crippen LogP) is 3.49. The first-order valence-corrected chi connectivity index (χ1v) is 8.30. The number of carbonyl (C=O) groups excluding carboxylic acids is 1. The molecule has 0 unspecified atom stereocenters. The average molecular weight is 361 g/mol. The zero-order chi connectivity index (χ0) is 17.3. The fraction of sp³-hybridized carbons (Fsp3) is 0.118. The van der Waals surface area contributed by atoms with Crippen molar-refractivity contribution in [3.05, 3.63) is 63.4 Å². The number of hydrogen-bond donors (Lipinski definition) is 1. The van der Waals surface area contributed by atoms with Gasteiger partial charge in [0.15, 0.2) is 4.80 Å². The van der Waals surface area contributed by atoms with Crippen molar-refractivity contribution in [3.8, 4) is 0 Å². The molecular formula is C17H13ClN2O3S. The number of thiazole rings is 1. The lowest BCUT2D eigenvalue weighted by atomic mass is 10.2. The van der Waals surface area contributed by atoms with Crippen molar-refractivity contribution >= 4 is 45.0 Å². The van der Waals surface area contributed by atoms with Gasteiger partial charge in [0.05, 0.1) is 10.2 Å². The summed E-state index contributed by atoms with van der Waals surface area (Å²) in [6, 6.07) is 12.2. The van der Waals surface area contributed by atoms with Crippen LogP contribution in [0.4, 0.5) is 0 Å². The molecule has 1 amide bonds. The van der Waals surface area contributed by atoms with Gasteiger partial charge in [0.2, 0.25) is 0 Å². The zero-order valence-corrected chi connectivity index (χ0v) is 14.3. The second-order valence-corrected chi connectivity index (χ2v) is 6.71. The number of amides is 1. The lowest BCUT2D eigenvalue weighted by molar-refractivity contribution is -0.137. The maximum absolute atomic E-state index is 12.4. The first-order chi connectivity index (χ1) is 11.4. The van der Waals surface area contributed by atoms with Gasteiger partial charge in [0.1, 0.15) is 6.54 Å². The van der Waals surface area contributed by atoms with Crippen LogP contribution in [0, 0.1) is 6.92 Å². The number of carboxylic acids is 1. The minimum Gasteiger partial charge on any atom is -0.480 e. The third-order valence-corrected chi connectivity index (χ3v) is 4.68. The third kappa shape index (κ3) is 3.39. The number of carbonyl (C=O) groups is 2. The highest BCUT2D eigenvalue weighted by atomic mass is 35.5. The highest BCUT2D eigenvalue weighted by molar-refractivity contribution is 7.16. The Bertz CT molecular complexity index is 1020. The molecule has 0 aliphatic rings. The van der Waals surface area contributed by atoms with E-state index in [2.05, 4.69) is 4.99 Å². The number of hydrogen-bond acceptors (Lipinski definition) is 3. The Balaban J connectivity index is 2.16. The van der Waals surface area contributed by atoms with E-state index in [1.54, 1.807) is 18.2 Å². The summed E-state index contributed by atoms with van der Waals surface area (Å²) in [6.45, 7) is 1.69. The number of rotatable bonds is 3. The number of aromatic nitrogens is 1. The molecule has 0 spiro atoms. The summed E-state index contributed by atoms with van der Waals surface area (Å²) >= 11 is 7.19. The van der Waals surface area contributed by atoms with Gasteiger partial charge in [0, 0.05) is 10.6 Å². The first kappa shape index (κ1) is 16.4. The van der Waals surface area contributed by atoms with E-state index in [0.29, 0.717) is 15.4 Å².